The number of ether oxygens (including phenoxy) is 1. The second-order valence-electron chi connectivity index (χ2n) is 5.61. The molecule has 4 nitrogen and oxygen atoms in total. The first-order valence-electron chi connectivity index (χ1n) is 7.42. The maximum Gasteiger partial charge on any atom is 0.119 e. The molecule has 110 valence electrons. The number of piperazine rings is 1. The van der Waals surface area contributed by atoms with Crippen LogP contribution in [0.2, 0.25) is 0 Å². The standard InChI is InChI=1S/C16H19N3OS/c1-20-12-3-2-11-8-14-16(13(11)9-12)18-15(21-14)10-19-6-4-17-5-7-19/h2-3,9,17H,4-8,10H2,1H3. The van der Waals surface area contributed by atoms with Gasteiger partial charge in [0.05, 0.1) is 19.3 Å². The van der Waals surface area contributed by atoms with E-state index in [9.17, 15) is 0 Å². The van der Waals surface area contributed by atoms with E-state index in [-0.39, 0.29) is 0 Å². The molecule has 0 atom stereocenters. The molecule has 1 saturated heterocycles. The van der Waals surface area contributed by atoms with Crippen molar-refractivity contribution in [1.82, 2.24) is 15.2 Å². The highest BCUT2D eigenvalue weighted by molar-refractivity contribution is 7.12. The number of rotatable bonds is 3. The predicted molar refractivity (Wildman–Crippen MR) is 85.1 cm³/mol. The lowest BCUT2D eigenvalue weighted by atomic mass is 10.1. The van der Waals surface area contributed by atoms with Crippen LogP contribution < -0.4 is 10.1 Å². The topological polar surface area (TPSA) is 37.4 Å². The molecule has 1 aliphatic heterocycles. The van der Waals surface area contributed by atoms with E-state index in [2.05, 4.69) is 22.3 Å². The van der Waals surface area contributed by atoms with Crippen molar-refractivity contribution < 1.29 is 4.74 Å². The van der Waals surface area contributed by atoms with Crippen molar-refractivity contribution in [3.05, 3.63) is 33.6 Å². The molecule has 4 rings (SSSR count). The van der Waals surface area contributed by atoms with E-state index in [0.717, 1.165) is 44.9 Å². The maximum absolute atomic E-state index is 5.34. The van der Waals surface area contributed by atoms with Gasteiger partial charge in [-0.1, -0.05) is 6.07 Å². The number of thiazole rings is 1. The van der Waals surface area contributed by atoms with E-state index in [1.165, 1.54) is 26.7 Å². The number of nitrogens with zero attached hydrogens (tertiary/aromatic N) is 2. The van der Waals surface area contributed by atoms with Crippen LogP contribution in [0.25, 0.3) is 11.3 Å². The molecule has 1 aromatic carbocycles. The fourth-order valence-electron chi connectivity index (χ4n) is 3.09. The maximum atomic E-state index is 5.34. The van der Waals surface area contributed by atoms with Gasteiger partial charge < -0.3 is 10.1 Å². The van der Waals surface area contributed by atoms with Crippen molar-refractivity contribution in [3.8, 4) is 17.0 Å². The van der Waals surface area contributed by atoms with E-state index >= 15 is 0 Å². The zero-order valence-corrected chi connectivity index (χ0v) is 13.0. The normalized spacial score (nSPS) is 17.6. The number of benzene rings is 1. The van der Waals surface area contributed by atoms with Crippen molar-refractivity contribution in [3.63, 3.8) is 0 Å². The summed E-state index contributed by atoms with van der Waals surface area (Å²) in [5.41, 5.74) is 3.81. The first-order valence-corrected chi connectivity index (χ1v) is 8.24. The molecule has 2 heterocycles. The average molecular weight is 301 g/mol. The van der Waals surface area contributed by atoms with E-state index in [0.29, 0.717) is 0 Å². The van der Waals surface area contributed by atoms with Crippen LogP contribution in [0, 0.1) is 0 Å². The first-order chi connectivity index (χ1) is 10.3. The van der Waals surface area contributed by atoms with Gasteiger partial charge in [-0.15, -0.1) is 11.3 Å². The number of hydrogen-bond acceptors (Lipinski definition) is 5. The molecule has 2 aliphatic rings. The number of methoxy groups -OCH3 is 1. The third-order valence-electron chi connectivity index (χ3n) is 4.23. The summed E-state index contributed by atoms with van der Waals surface area (Å²) in [6.07, 6.45) is 1.02. The molecule has 1 aromatic heterocycles. The summed E-state index contributed by atoms with van der Waals surface area (Å²) >= 11 is 1.87. The fraction of sp³-hybridized carbons (Fsp3) is 0.438. The Morgan fingerprint density at radius 3 is 3.00 bits per heavy atom. The van der Waals surface area contributed by atoms with Gasteiger partial charge in [0, 0.05) is 43.0 Å². The molecule has 1 N–H and O–H groups in total. The Kier molecular flexibility index (Phi) is 3.41. The summed E-state index contributed by atoms with van der Waals surface area (Å²) in [6.45, 7) is 5.40. The SMILES string of the molecule is COc1ccc2c(c1)-c1nc(CN3CCNCC3)sc1C2. The summed E-state index contributed by atoms with van der Waals surface area (Å²) in [4.78, 5) is 8.79. The first kappa shape index (κ1) is 13.2. The Labute approximate surface area is 128 Å². The van der Waals surface area contributed by atoms with Gasteiger partial charge in [-0.2, -0.15) is 0 Å². The monoisotopic (exact) mass is 301 g/mol. The molecule has 0 spiro atoms. The van der Waals surface area contributed by atoms with E-state index in [1.807, 2.05) is 17.4 Å². The van der Waals surface area contributed by atoms with Gasteiger partial charge in [0.25, 0.3) is 0 Å². The number of fused-ring (bicyclic) bond motifs is 3. The molecular weight excluding hydrogens is 282 g/mol. The number of aromatic nitrogens is 1. The minimum atomic E-state index is 0.915. The smallest absolute Gasteiger partial charge is 0.119 e. The minimum absolute atomic E-state index is 0.915. The quantitative estimate of drug-likeness (QED) is 0.804. The summed E-state index contributed by atoms with van der Waals surface area (Å²) in [6, 6.07) is 6.32. The highest BCUT2D eigenvalue weighted by Gasteiger charge is 2.24. The van der Waals surface area contributed by atoms with E-state index < -0.39 is 0 Å². The third kappa shape index (κ3) is 2.46. The Bertz CT molecular complexity index is 662. The molecule has 0 unspecified atom stereocenters. The van der Waals surface area contributed by atoms with Gasteiger partial charge in [0.15, 0.2) is 0 Å². The zero-order chi connectivity index (χ0) is 14.2. The fourth-order valence-corrected chi connectivity index (χ4v) is 4.24. The number of nitrogens with one attached hydrogen (secondary N) is 1. The Balaban J connectivity index is 1.59. The molecule has 0 radical (unpaired) electrons. The van der Waals surface area contributed by atoms with Gasteiger partial charge >= 0.3 is 0 Å². The summed E-state index contributed by atoms with van der Waals surface area (Å²) in [5, 5.41) is 4.64. The Hall–Kier alpha value is -1.43. The van der Waals surface area contributed by atoms with Crippen LogP contribution in [-0.2, 0) is 13.0 Å². The highest BCUT2D eigenvalue weighted by Crippen LogP contribution is 2.41. The van der Waals surface area contributed by atoms with Crippen LogP contribution in [0.4, 0.5) is 0 Å². The van der Waals surface area contributed by atoms with Crippen LogP contribution in [0.15, 0.2) is 18.2 Å². The molecule has 0 saturated carbocycles. The molecule has 21 heavy (non-hydrogen) atoms. The molecule has 2 aromatic rings. The third-order valence-corrected chi connectivity index (χ3v) is 5.27. The van der Waals surface area contributed by atoms with Crippen LogP contribution >= 0.6 is 11.3 Å². The van der Waals surface area contributed by atoms with Crippen LogP contribution in [-0.4, -0.2) is 43.2 Å². The van der Waals surface area contributed by atoms with Crippen molar-refractivity contribution in [2.24, 2.45) is 0 Å². The molecule has 0 bridgehead atoms. The highest BCUT2D eigenvalue weighted by atomic mass is 32.1. The van der Waals surface area contributed by atoms with E-state index in [4.69, 9.17) is 9.72 Å². The Morgan fingerprint density at radius 2 is 2.19 bits per heavy atom. The minimum Gasteiger partial charge on any atom is -0.497 e. The molecule has 1 fully saturated rings. The van der Waals surface area contributed by atoms with Gasteiger partial charge in [-0.3, -0.25) is 4.90 Å². The lowest BCUT2D eigenvalue weighted by Gasteiger charge is -2.26. The Morgan fingerprint density at radius 1 is 1.33 bits per heavy atom. The molecule has 0 amide bonds. The van der Waals surface area contributed by atoms with Gasteiger partial charge in [-0.05, 0) is 17.7 Å². The summed E-state index contributed by atoms with van der Waals surface area (Å²) in [5.74, 6) is 0.915. The predicted octanol–water partition coefficient (Wildman–Crippen LogP) is 2.13. The van der Waals surface area contributed by atoms with Crippen LogP contribution in [0.1, 0.15) is 15.4 Å². The van der Waals surface area contributed by atoms with Crippen molar-refractivity contribution in [2.45, 2.75) is 13.0 Å². The van der Waals surface area contributed by atoms with Gasteiger partial charge in [0.1, 0.15) is 10.8 Å². The van der Waals surface area contributed by atoms with Crippen LogP contribution in [0.3, 0.4) is 0 Å². The van der Waals surface area contributed by atoms with Gasteiger partial charge in [-0.25, -0.2) is 4.98 Å². The molecular formula is C16H19N3OS. The van der Waals surface area contributed by atoms with Crippen molar-refractivity contribution in [2.75, 3.05) is 33.3 Å². The lowest BCUT2D eigenvalue weighted by Crippen LogP contribution is -2.42. The average Bonchev–Trinajstić information content (AvgIpc) is 3.05. The molecule has 5 heteroatoms. The van der Waals surface area contributed by atoms with Crippen molar-refractivity contribution in [1.29, 1.82) is 0 Å². The molecule has 1 aliphatic carbocycles. The van der Waals surface area contributed by atoms with Gasteiger partial charge in [0.2, 0.25) is 0 Å². The van der Waals surface area contributed by atoms with E-state index in [1.54, 1.807) is 7.11 Å². The number of hydrogen-bond donors (Lipinski definition) is 1. The van der Waals surface area contributed by atoms with Crippen LogP contribution in [0.5, 0.6) is 5.75 Å². The zero-order valence-electron chi connectivity index (χ0n) is 12.2. The lowest BCUT2D eigenvalue weighted by molar-refractivity contribution is 0.233. The second kappa shape index (κ2) is 5.40. The largest absolute Gasteiger partial charge is 0.497 e. The van der Waals surface area contributed by atoms with Crippen molar-refractivity contribution >= 4 is 11.3 Å². The summed E-state index contributed by atoms with van der Waals surface area (Å²) in [7, 11) is 1.72. The second-order valence-corrected chi connectivity index (χ2v) is 6.77. The summed E-state index contributed by atoms with van der Waals surface area (Å²) < 4.78 is 5.34.